The second kappa shape index (κ2) is 10.7. The average Bonchev–Trinajstić information content (AvgIpc) is 2.76. The van der Waals surface area contributed by atoms with Crippen molar-refractivity contribution in [3.63, 3.8) is 0 Å². The van der Waals surface area contributed by atoms with Crippen molar-refractivity contribution in [3.8, 4) is 16.9 Å². The molecule has 2 N–H and O–H groups in total. The summed E-state index contributed by atoms with van der Waals surface area (Å²) in [5, 5.41) is 24.6. The molecule has 0 bridgehead atoms. The van der Waals surface area contributed by atoms with E-state index in [0.717, 1.165) is 29.1 Å². The molecule has 1 atom stereocenters. The van der Waals surface area contributed by atoms with Gasteiger partial charge in [-0.1, -0.05) is 54.1 Å². The molecule has 7 heteroatoms. The number of non-ortho nitro benzene ring substituents is 1. The van der Waals surface area contributed by atoms with Crippen LogP contribution in [0.5, 0.6) is 5.75 Å². The quantitative estimate of drug-likeness (QED) is 0.283. The van der Waals surface area contributed by atoms with Crippen LogP contribution in [-0.2, 0) is 6.42 Å². The van der Waals surface area contributed by atoms with Crippen LogP contribution in [0.1, 0.15) is 5.56 Å². The van der Waals surface area contributed by atoms with Crippen molar-refractivity contribution in [2.75, 3.05) is 19.7 Å². The standard InChI is InChI=1S/C23H23ClN2O4/c24-23-4-2-1-3-22(23)18-7-5-17(6-8-18)13-14-25-15-20(27)16-30-21-11-9-19(10-12-21)26(28)29/h1-12,20,25,27H,13-16H2. The molecule has 0 saturated carbocycles. The zero-order valence-electron chi connectivity index (χ0n) is 16.3. The highest BCUT2D eigenvalue weighted by Crippen LogP contribution is 2.27. The van der Waals surface area contributed by atoms with Crippen molar-refractivity contribution in [2.45, 2.75) is 12.5 Å². The average molecular weight is 427 g/mol. The molecule has 0 heterocycles. The Labute approximate surface area is 180 Å². The minimum absolute atomic E-state index is 0.00413. The van der Waals surface area contributed by atoms with Gasteiger partial charge in [0.25, 0.3) is 5.69 Å². The lowest BCUT2D eigenvalue weighted by molar-refractivity contribution is -0.384. The number of benzene rings is 3. The van der Waals surface area contributed by atoms with E-state index >= 15 is 0 Å². The Morgan fingerprint density at radius 1 is 1.03 bits per heavy atom. The van der Waals surface area contributed by atoms with E-state index in [1.807, 2.05) is 24.3 Å². The molecule has 0 aromatic heterocycles. The van der Waals surface area contributed by atoms with Crippen molar-refractivity contribution in [3.05, 3.63) is 93.5 Å². The van der Waals surface area contributed by atoms with Gasteiger partial charge in [-0.05, 0) is 42.3 Å². The van der Waals surface area contributed by atoms with Gasteiger partial charge in [-0.25, -0.2) is 0 Å². The normalized spacial score (nSPS) is 11.8. The summed E-state index contributed by atoms with van der Waals surface area (Å²) in [7, 11) is 0. The number of rotatable bonds is 10. The SMILES string of the molecule is O=[N+]([O-])c1ccc(OCC(O)CNCCc2ccc(-c3ccccc3Cl)cc2)cc1. The summed E-state index contributed by atoms with van der Waals surface area (Å²) in [6.07, 6.45) is 0.154. The van der Waals surface area contributed by atoms with E-state index in [9.17, 15) is 15.2 Å². The number of nitro benzene ring substituents is 1. The minimum Gasteiger partial charge on any atom is -0.491 e. The maximum atomic E-state index is 10.6. The fourth-order valence-electron chi connectivity index (χ4n) is 2.96. The Morgan fingerprint density at radius 3 is 2.40 bits per heavy atom. The number of nitrogens with zero attached hydrogens (tertiary/aromatic N) is 1. The molecule has 1 unspecified atom stereocenters. The van der Waals surface area contributed by atoms with E-state index in [-0.39, 0.29) is 12.3 Å². The van der Waals surface area contributed by atoms with Crippen LogP contribution in [0.15, 0.2) is 72.8 Å². The van der Waals surface area contributed by atoms with E-state index in [4.69, 9.17) is 16.3 Å². The molecule has 0 radical (unpaired) electrons. The van der Waals surface area contributed by atoms with Crippen LogP contribution < -0.4 is 10.1 Å². The summed E-state index contributed by atoms with van der Waals surface area (Å²) in [4.78, 5) is 10.2. The second-order valence-corrected chi connectivity index (χ2v) is 7.25. The van der Waals surface area contributed by atoms with Crippen LogP contribution in [-0.4, -0.2) is 35.8 Å². The molecule has 3 aromatic rings. The first-order valence-corrected chi connectivity index (χ1v) is 10.0. The van der Waals surface area contributed by atoms with E-state index in [1.54, 1.807) is 0 Å². The predicted octanol–water partition coefficient (Wildman–Crippen LogP) is 4.49. The van der Waals surface area contributed by atoms with Crippen molar-refractivity contribution in [2.24, 2.45) is 0 Å². The third-order valence-corrected chi connectivity index (χ3v) is 4.93. The Balaban J connectivity index is 1.37. The van der Waals surface area contributed by atoms with Crippen molar-refractivity contribution >= 4 is 17.3 Å². The third-order valence-electron chi connectivity index (χ3n) is 4.60. The zero-order chi connectivity index (χ0) is 21.3. The number of nitro groups is 1. The molecule has 3 rings (SSSR count). The smallest absolute Gasteiger partial charge is 0.269 e. The topological polar surface area (TPSA) is 84.6 Å². The van der Waals surface area contributed by atoms with Gasteiger partial charge >= 0.3 is 0 Å². The van der Waals surface area contributed by atoms with Gasteiger partial charge in [-0.2, -0.15) is 0 Å². The van der Waals surface area contributed by atoms with Crippen LogP contribution in [0.25, 0.3) is 11.1 Å². The number of aliphatic hydroxyl groups is 1. The van der Waals surface area contributed by atoms with E-state index < -0.39 is 11.0 Å². The van der Waals surface area contributed by atoms with Crippen molar-refractivity contribution in [1.29, 1.82) is 0 Å². The van der Waals surface area contributed by atoms with E-state index in [1.165, 1.54) is 29.8 Å². The van der Waals surface area contributed by atoms with Crippen LogP contribution in [0.2, 0.25) is 5.02 Å². The van der Waals surface area contributed by atoms with Gasteiger partial charge < -0.3 is 15.2 Å². The Hall–Kier alpha value is -2.93. The van der Waals surface area contributed by atoms with Crippen molar-refractivity contribution in [1.82, 2.24) is 5.32 Å². The minimum atomic E-state index is -0.678. The fraction of sp³-hybridized carbons (Fsp3) is 0.217. The molecule has 30 heavy (non-hydrogen) atoms. The first kappa shape index (κ1) is 21.8. The summed E-state index contributed by atoms with van der Waals surface area (Å²) in [6.45, 7) is 1.22. The third kappa shape index (κ3) is 6.29. The first-order valence-electron chi connectivity index (χ1n) is 9.63. The first-order chi connectivity index (χ1) is 14.5. The Morgan fingerprint density at radius 2 is 1.73 bits per heavy atom. The molecule has 0 aliphatic heterocycles. The lowest BCUT2D eigenvalue weighted by Crippen LogP contribution is -2.32. The summed E-state index contributed by atoms with van der Waals surface area (Å²) < 4.78 is 5.46. The van der Waals surface area contributed by atoms with Crippen LogP contribution in [0.3, 0.4) is 0 Å². The maximum Gasteiger partial charge on any atom is 0.269 e. The number of aliphatic hydroxyl groups excluding tert-OH is 1. The van der Waals surface area contributed by atoms with Gasteiger partial charge in [-0.3, -0.25) is 10.1 Å². The molecular weight excluding hydrogens is 404 g/mol. The molecular formula is C23H23ClN2O4. The number of hydrogen-bond acceptors (Lipinski definition) is 5. The summed E-state index contributed by atoms with van der Waals surface area (Å²) >= 11 is 6.24. The lowest BCUT2D eigenvalue weighted by atomic mass is 10.0. The highest BCUT2D eigenvalue weighted by molar-refractivity contribution is 6.33. The van der Waals surface area contributed by atoms with Gasteiger partial charge in [0.2, 0.25) is 0 Å². The number of hydrogen-bond donors (Lipinski definition) is 2. The zero-order valence-corrected chi connectivity index (χ0v) is 17.1. The summed E-state index contributed by atoms with van der Waals surface area (Å²) in [5.74, 6) is 0.484. The maximum absolute atomic E-state index is 10.6. The molecule has 6 nitrogen and oxygen atoms in total. The molecule has 0 saturated heterocycles. The summed E-state index contributed by atoms with van der Waals surface area (Å²) in [5.41, 5.74) is 3.29. The molecule has 0 amide bonds. The van der Waals surface area contributed by atoms with Gasteiger partial charge in [0, 0.05) is 29.3 Å². The van der Waals surface area contributed by atoms with E-state index in [0.29, 0.717) is 12.3 Å². The highest BCUT2D eigenvalue weighted by Gasteiger charge is 2.08. The van der Waals surface area contributed by atoms with Gasteiger partial charge in [0.1, 0.15) is 18.5 Å². The fourth-order valence-corrected chi connectivity index (χ4v) is 3.21. The highest BCUT2D eigenvalue weighted by atomic mass is 35.5. The Kier molecular flexibility index (Phi) is 7.79. The van der Waals surface area contributed by atoms with Crippen LogP contribution in [0, 0.1) is 10.1 Å². The molecule has 3 aromatic carbocycles. The number of ether oxygens (including phenoxy) is 1. The number of halogens is 1. The lowest BCUT2D eigenvalue weighted by Gasteiger charge is -2.13. The molecule has 156 valence electrons. The van der Waals surface area contributed by atoms with Gasteiger partial charge in [0.05, 0.1) is 4.92 Å². The van der Waals surface area contributed by atoms with Crippen LogP contribution >= 0.6 is 11.6 Å². The summed E-state index contributed by atoms with van der Waals surface area (Å²) in [6, 6.07) is 21.8. The van der Waals surface area contributed by atoms with Crippen molar-refractivity contribution < 1.29 is 14.8 Å². The number of nitrogens with one attached hydrogen (secondary N) is 1. The Bertz CT molecular complexity index is 962. The second-order valence-electron chi connectivity index (χ2n) is 6.85. The monoisotopic (exact) mass is 426 g/mol. The predicted molar refractivity (Wildman–Crippen MR) is 118 cm³/mol. The van der Waals surface area contributed by atoms with E-state index in [2.05, 4.69) is 29.6 Å². The largest absolute Gasteiger partial charge is 0.491 e. The van der Waals surface area contributed by atoms with Gasteiger partial charge in [0.15, 0.2) is 0 Å². The molecule has 0 aliphatic carbocycles. The van der Waals surface area contributed by atoms with Crippen LogP contribution in [0.4, 0.5) is 5.69 Å². The molecule has 0 fully saturated rings. The molecule has 0 spiro atoms. The molecule has 0 aliphatic rings. The van der Waals surface area contributed by atoms with Gasteiger partial charge in [-0.15, -0.1) is 0 Å².